The molecule has 1 amide bonds. The minimum atomic E-state index is -0.245. The van der Waals surface area contributed by atoms with Crippen molar-refractivity contribution in [3.8, 4) is 6.07 Å². The first-order chi connectivity index (χ1) is 12.1. The van der Waals surface area contributed by atoms with Gasteiger partial charge in [0.2, 0.25) is 5.91 Å². The average molecular weight is 347 g/mol. The highest BCUT2D eigenvalue weighted by Gasteiger charge is 2.58. The summed E-state index contributed by atoms with van der Waals surface area (Å²) in [7, 11) is 0. The molecule has 6 nitrogen and oxygen atoms in total. The number of hydrogen-bond acceptors (Lipinski definition) is 5. The molecule has 1 saturated heterocycles. The van der Waals surface area contributed by atoms with Crippen molar-refractivity contribution >= 4 is 5.91 Å². The highest BCUT2D eigenvalue weighted by Crippen LogP contribution is 2.58. The Morgan fingerprint density at radius 2 is 2.08 bits per heavy atom. The summed E-state index contributed by atoms with van der Waals surface area (Å²) < 4.78 is 6.13. The third kappa shape index (κ3) is 3.18. The van der Waals surface area contributed by atoms with E-state index >= 15 is 0 Å². The Morgan fingerprint density at radius 3 is 2.76 bits per heavy atom. The first kappa shape index (κ1) is 17.3. The van der Waals surface area contributed by atoms with E-state index < -0.39 is 0 Å². The van der Waals surface area contributed by atoms with E-state index in [2.05, 4.69) is 11.4 Å². The monoisotopic (exact) mass is 347 g/mol. The second kappa shape index (κ2) is 6.53. The predicted octanol–water partition coefficient (Wildman–Crippen LogP) is 1.19. The highest BCUT2D eigenvalue weighted by atomic mass is 16.5. The smallest absolute Gasteiger partial charge is 0.237 e. The summed E-state index contributed by atoms with van der Waals surface area (Å²) in [6.45, 7) is 1.51. The molecule has 2 N–H and O–H groups in total. The maximum Gasteiger partial charge on any atom is 0.237 e. The molecule has 25 heavy (non-hydrogen) atoms. The number of nitrogens with zero attached hydrogens (tertiary/aromatic N) is 2. The summed E-state index contributed by atoms with van der Waals surface area (Å²) >= 11 is 0. The Balaban J connectivity index is 1.42. The van der Waals surface area contributed by atoms with Crippen molar-refractivity contribution in [1.82, 2.24) is 10.2 Å². The lowest BCUT2D eigenvalue weighted by atomic mass is 9.51. The number of ether oxygens (including phenoxy) is 1. The molecular formula is C19H29N3O3. The van der Waals surface area contributed by atoms with Crippen LogP contribution in [0.2, 0.25) is 0 Å². The number of carbonyl (C=O) groups is 1. The minimum Gasteiger partial charge on any atom is -0.394 e. The van der Waals surface area contributed by atoms with Gasteiger partial charge in [-0.25, -0.2) is 0 Å². The number of aliphatic hydroxyl groups is 1. The van der Waals surface area contributed by atoms with Crippen LogP contribution in [0.4, 0.5) is 0 Å². The van der Waals surface area contributed by atoms with Gasteiger partial charge in [0, 0.05) is 12.1 Å². The van der Waals surface area contributed by atoms with Crippen LogP contribution in [0.25, 0.3) is 0 Å². The lowest BCUT2D eigenvalue weighted by Crippen LogP contribution is -2.66. The van der Waals surface area contributed by atoms with Gasteiger partial charge in [-0.3, -0.25) is 4.79 Å². The van der Waals surface area contributed by atoms with Crippen molar-refractivity contribution in [2.24, 2.45) is 11.8 Å². The standard InChI is InChI=1S/C19H29N3O3/c20-11-16-2-1-3-22(16)17(24)12-21-18-7-14-6-15(8-18)10-19(9-14,13-18)25-5-4-23/h14-16,21,23H,1-10,12-13H2/t14-,15?,16-,18?,19?/m0/s1. The van der Waals surface area contributed by atoms with E-state index in [0.717, 1.165) is 44.9 Å². The predicted molar refractivity (Wildman–Crippen MR) is 91.5 cm³/mol. The molecule has 0 aromatic carbocycles. The number of aliphatic hydroxyl groups excluding tert-OH is 1. The number of nitrogens with one attached hydrogen (secondary N) is 1. The summed E-state index contributed by atoms with van der Waals surface area (Å²) in [5.74, 6) is 1.40. The molecule has 3 unspecified atom stereocenters. The van der Waals surface area contributed by atoms with E-state index in [1.165, 1.54) is 6.42 Å². The molecule has 4 aliphatic carbocycles. The molecule has 138 valence electrons. The molecule has 5 aliphatic rings. The van der Waals surface area contributed by atoms with E-state index in [1.54, 1.807) is 4.90 Å². The van der Waals surface area contributed by atoms with Crippen LogP contribution in [-0.2, 0) is 9.53 Å². The van der Waals surface area contributed by atoms with Crippen LogP contribution in [-0.4, -0.2) is 59.4 Å². The number of carbonyl (C=O) groups excluding carboxylic acids is 1. The van der Waals surface area contributed by atoms with Crippen molar-refractivity contribution in [1.29, 1.82) is 5.26 Å². The molecule has 4 saturated carbocycles. The number of amides is 1. The van der Waals surface area contributed by atoms with Crippen LogP contribution < -0.4 is 5.32 Å². The van der Waals surface area contributed by atoms with Crippen molar-refractivity contribution in [2.75, 3.05) is 26.3 Å². The molecule has 1 aliphatic heterocycles. The molecule has 0 spiro atoms. The average Bonchev–Trinajstić information content (AvgIpc) is 3.05. The third-order valence-electron chi connectivity index (χ3n) is 6.84. The van der Waals surface area contributed by atoms with Crippen molar-refractivity contribution in [3.05, 3.63) is 0 Å². The normalized spacial score (nSPS) is 41.9. The van der Waals surface area contributed by atoms with Gasteiger partial charge in [-0.1, -0.05) is 0 Å². The first-order valence-corrected chi connectivity index (χ1v) is 9.76. The molecule has 5 atom stereocenters. The summed E-state index contributed by atoms with van der Waals surface area (Å²) in [6, 6.07) is 2.01. The van der Waals surface area contributed by atoms with Crippen LogP contribution in [0, 0.1) is 23.2 Å². The quantitative estimate of drug-likeness (QED) is 0.754. The summed E-state index contributed by atoms with van der Waals surface area (Å²) in [6.07, 6.45) is 8.41. The molecule has 1 heterocycles. The van der Waals surface area contributed by atoms with Gasteiger partial charge in [0.1, 0.15) is 6.04 Å². The lowest BCUT2D eigenvalue weighted by Gasteiger charge is -2.62. The van der Waals surface area contributed by atoms with Crippen molar-refractivity contribution in [2.45, 2.75) is 68.5 Å². The number of nitriles is 1. The van der Waals surface area contributed by atoms with Gasteiger partial charge in [0.05, 0.1) is 31.4 Å². The molecule has 6 heteroatoms. The van der Waals surface area contributed by atoms with Gasteiger partial charge in [-0.05, 0) is 63.2 Å². The van der Waals surface area contributed by atoms with Crippen LogP contribution in [0.1, 0.15) is 51.4 Å². The van der Waals surface area contributed by atoms with Crippen LogP contribution in [0.15, 0.2) is 0 Å². The van der Waals surface area contributed by atoms with Gasteiger partial charge in [-0.2, -0.15) is 5.26 Å². The van der Waals surface area contributed by atoms with E-state index in [4.69, 9.17) is 9.84 Å². The zero-order chi connectivity index (χ0) is 17.5. The summed E-state index contributed by atoms with van der Waals surface area (Å²) in [4.78, 5) is 14.3. The van der Waals surface area contributed by atoms with Crippen molar-refractivity contribution in [3.63, 3.8) is 0 Å². The van der Waals surface area contributed by atoms with Crippen LogP contribution >= 0.6 is 0 Å². The Morgan fingerprint density at radius 1 is 1.32 bits per heavy atom. The van der Waals surface area contributed by atoms with Gasteiger partial charge in [0.25, 0.3) is 0 Å². The zero-order valence-corrected chi connectivity index (χ0v) is 14.9. The van der Waals surface area contributed by atoms with Crippen LogP contribution in [0.3, 0.4) is 0 Å². The third-order valence-corrected chi connectivity index (χ3v) is 6.84. The zero-order valence-electron chi connectivity index (χ0n) is 14.9. The fraction of sp³-hybridized carbons (Fsp3) is 0.895. The molecule has 0 aromatic rings. The fourth-order valence-corrected chi connectivity index (χ4v) is 6.38. The maximum atomic E-state index is 12.6. The van der Waals surface area contributed by atoms with Gasteiger partial charge in [0.15, 0.2) is 0 Å². The van der Waals surface area contributed by atoms with E-state index in [1.807, 2.05) is 0 Å². The number of rotatable bonds is 6. The molecular weight excluding hydrogens is 318 g/mol. The first-order valence-electron chi connectivity index (χ1n) is 9.76. The van der Waals surface area contributed by atoms with Gasteiger partial charge >= 0.3 is 0 Å². The molecule has 5 rings (SSSR count). The summed E-state index contributed by atoms with van der Waals surface area (Å²) in [5.41, 5.74) is -0.108. The highest BCUT2D eigenvalue weighted by molar-refractivity contribution is 5.79. The van der Waals surface area contributed by atoms with E-state index in [-0.39, 0.29) is 29.7 Å². The number of likely N-dealkylation sites (tertiary alicyclic amines) is 1. The maximum absolute atomic E-state index is 12.6. The van der Waals surface area contributed by atoms with Crippen LogP contribution in [0.5, 0.6) is 0 Å². The van der Waals surface area contributed by atoms with Gasteiger partial charge < -0.3 is 20.1 Å². The second-order valence-electron chi connectivity index (χ2n) is 8.72. The molecule has 0 radical (unpaired) electrons. The summed E-state index contributed by atoms with van der Waals surface area (Å²) in [5, 5.41) is 22.0. The Labute approximate surface area is 149 Å². The second-order valence-corrected chi connectivity index (χ2v) is 8.72. The van der Waals surface area contributed by atoms with E-state index in [0.29, 0.717) is 31.5 Å². The molecule has 0 aromatic heterocycles. The SMILES string of the molecule is N#C[C@@H]1CCCN1C(=O)CNC12CC3C[C@@H](C1)CC(OCCO)(C3)C2. The topological polar surface area (TPSA) is 85.6 Å². The Kier molecular flexibility index (Phi) is 4.51. The van der Waals surface area contributed by atoms with Crippen molar-refractivity contribution < 1.29 is 14.6 Å². The van der Waals surface area contributed by atoms with Gasteiger partial charge in [-0.15, -0.1) is 0 Å². The number of hydrogen-bond donors (Lipinski definition) is 2. The lowest BCUT2D eigenvalue weighted by molar-refractivity contribution is -0.180. The molecule has 5 fully saturated rings. The Hall–Kier alpha value is -1.16. The fourth-order valence-electron chi connectivity index (χ4n) is 6.38. The minimum absolute atomic E-state index is 0.00291. The molecule has 4 bridgehead atoms. The van der Waals surface area contributed by atoms with E-state index in [9.17, 15) is 10.1 Å². The Bertz CT molecular complexity index is 559. The largest absolute Gasteiger partial charge is 0.394 e.